The lowest BCUT2D eigenvalue weighted by Gasteiger charge is -1.85. The Morgan fingerprint density at radius 2 is 2.11 bits per heavy atom. The Labute approximate surface area is 54.9 Å². The number of nitrogens with two attached hydrogens (primary N) is 1. The van der Waals surface area contributed by atoms with E-state index in [1.165, 1.54) is 12.8 Å². The van der Waals surface area contributed by atoms with Crippen LogP contribution in [0.15, 0.2) is 0 Å². The van der Waals surface area contributed by atoms with Gasteiger partial charge >= 0.3 is 0 Å². The van der Waals surface area contributed by atoms with Gasteiger partial charge in [0.25, 0.3) is 0 Å². The number of nitrogen functional groups attached to an aromatic ring is 1. The molecule has 3 N–H and O–H groups in total. The van der Waals surface area contributed by atoms with Crippen LogP contribution in [0.5, 0.6) is 0 Å². The number of unbranched alkanes of at least 4 members (excludes halogenated alkanes) is 1. The SMILES string of the molecule is CCCCc1c(N)c1=N. The summed E-state index contributed by atoms with van der Waals surface area (Å²) in [5.41, 5.74) is 7.24. The largest absolute Gasteiger partial charge is 0.397 e. The van der Waals surface area contributed by atoms with Gasteiger partial charge in [0.05, 0.1) is 11.0 Å². The first-order valence-corrected chi connectivity index (χ1v) is 3.35. The Balaban J connectivity index is 2.33. The second-order valence-electron chi connectivity index (χ2n) is 2.37. The van der Waals surface area contributed by atoms with E-state index in [1.54, 1.807) is 0 Å². The summed E-state index contributed by atoms with van der Waals surface area (Å²) in [7, 11) is 0. The summed E-state index contributed by atoms with van der Waals surface area (Å²) < 4.78 is 0. The van der Waals surface area contributed by atoms with Crippen molar-refractivity contribution < 1.29 is 0 Å². The van der Waals surface area contributed by atoms with Gasteiger partial charge in [-0.05, 0) is 12.8 Å². The number of nitrogens with one attached hydrogen (secondary N) is 1. The normalized spacial score (nSPS) is 10.8. The van der Waals surface area contributed by atoms with Crippen LogP contribution in [0.2, 0.25) is 0 Å². The topological polar surface area (TPSA) is 49.9 Å². The Kier molecular flexibility index (Phi) is 1.56. The van der Waals surface area contributed by atoms with Crippen molar-refractivity contribution in [3.63, 3.8) is 0 Å². The lowest BCUT2D eigenvalue weighted by molar-refractivity contribution is 0.802. The monoisotopic (exact) mass is 124 g/mol. The molecule has 0 atom stereocenters. The molecule has 0 bridgehead atoms. The number of rotatable bonds is 3. The summed E-state index contributed by atoms with van der Waals surface area (Å²) in [4.78, 5) is 0. The van der Waals surface area contributed by atoms with Crippen molar-refractivity contribution in [2.45, 2.75) is 26.2 Å². The molecule has 0 aliphatic rings. The predicted octanol–water partition coefficient (Wildman–Crippen LogP) is 0.966. The molecule has 0 aliphatic heterocycles. The summed E-state index contributed by atoms with van der Waals surface area (Å²) in [6.45, 7) is 2.14. The molecule has 1 aromatic carbocycles. The molecule has 0 fully saturated rings. The quantitative estimate of drug-likeness (QED) is 0.619. The predicted molar refractivity (Wildman–Crippen MR) is 37.7 cm³/mol. The van der Waals surface area contributed by atoms with E-state index in [4.69, 9.17) is 11.1 Å². The van der Waals surface area contributed by atoms with Crippen LogP contribution >= 0.6 is 0 Å². The Bertz CT molecular complexity index is 206. The van der Waals surface area contributed by atoms with E-state index >= 15 is 0 Å². The third-order valence-electron chi connectivity index (χ3n) is 1.61. The van der Waals surface area contributed by atoms with Crippen LogP contribution in [-0.4, -0.2) is 0 Å². The fourth-order valence-corrected chi connectivity index (χ4v) is 0.856. The van der Waals surface area contributed by atoms with Gasteiger partial charge in [0.2, 0.25) is 0 Å². The van der Waals surface area contributed by atoms with Crippen LogP contribution in [0.1, 0.15) is 25.3 Å². The molecular weight excluding hydrogens is 112 g/mol. The van der Waals surface area contributed by atoms with Crippen molar-refractivity contribution in [3.05, 3.63) is 10.9 Å². The van der Waals surface area contributed by atoms with Gasteiger partial charge < -0.3 is 5.73 Å². The minimum atomic E-state index is 0.600. The zero-order chi connectivity index (χ0) is 6.85. The number of hydrogen-bond donors (Lipinski definition) is 2. The molecule has 2 heteroatoms. The molecule has 0 saturated heterocycles. The highest BCUT2D eigenvalue weighted by atomic mass is 14.7. The van der Waals surface area contributed by atoms with E-state index in [0.29, 0.717) is 5.36 Å². The molecule has 0 saturated carbocycles. The molecule has 2 nitrogen and oxygen atoms in total. The maximum Gasteiger partial charge on any atom is 0.0826 e. The highest BCUT2D eigenvalue weighted by Crippen LogP contribution is 2.13. The zero-order valence-electron chi connectivity index (χ0n) is 5.70. The summed E-state index contributed by atoms with van der Waals surface area (Å²) in [6, 6.07) is 0. The van der Waals surface area contributed by atoms with Crippen molar-refractivity contribution in [1.82, 2.24) is 0 Å². The number of anilines is 1. The molecule has 1 rings (SSSR count). The number of hydrogen-bond acceptors (Lipinski definition) is 2. The molecule has 0 unspecified atom stereocenters. The fourth-order valence-electron chi connectivity index (χ4n) is 0.856. The van der Waals surface area contributed by atoms with Crippen molar-refractivity contribution in [2.75, 3.05) is 5.73 Å². The zero-order valence-corrected chi connectivity index (χ0v) is 5.70. The third kappa shape index (κ3) is 1.12. The van der Waals surface area contributed by atoms with Gasteiger partial charge in [-0.15, -0.1) is 0 Å². The van der Waals surface area contributed by atoms with Crippen LogP contribution in [-0.2, 0) is 6.42 Å². The average molecular weight is 124 g/mol. The molecule has 9 heavy (non-hydrogen) atoms. The van der Waals surface area contributed by atoms with E-state index in [9.17, 15) is 0 Å². The van der Waals surface area contributed by atoms with Crippen molar-refractivity contribution in [2.24, 2.45) is 0 Å². The maximum absolute atomic E-state index is 7.15. The molecular formula is C7H12N2. The van der Waals surface area contributed by atoms with Gasteiger partial charge in [0, 0.05) is 5.56 Å². The van der Waals surface area contributed by atoms with Crippen LogP contribution in [0.3, 0.4) is 0 Å². The van der Waals surface area contributed by atoms with E-state index in [-0.39, 0.29) is 0 Å². The Morgan fingerprint density at radius 3 is 2.44 bits per heavy atom. The lowest BCUT2D eigenvalue weighted by atomic mass is 10.2. The first-order valence-electron chi connectivity index (χ1n) is 3.35. The van der Waals surface area contributed by atoms with Gasteiger partial charge in [0.1, 0.15) is 0 Å². The summed E-state index contributed by atoms with van der Waals surface area (Å²) in [5.74, 6) is 0. The fraction of sp³-hybridized carbons (Fsp3) is 0.571. The second-order valence-corrected chi connectivity index (χ2v) is 2.37. The minimum Gasteiger partial charge on any atom is -0.397 e. The lowest BCUT2D eigenvalue weighted by Crippen LogP contribution is -1.82. The van der Waals surface area contributed by atoms with Gasteiger partial charge in [-0.2, -0.15) is 0 Å². The highest BCUT2D eigenvalue weighted by molar-refractivity contribution is 5.58. The van der Waals surface area contributed by atoms with Crippen molar-refractivity contribution in [3.8, 4) is 0 Å². The molecule has 0 heterocycles. The van der Waals surface area contributed by atoms with Crippen LogP contribution in [0.25, 0.3) is 0 Å². The van der Waals surface area contributed by atoms with E-state index in [0.717, 1.165) is 17.7 Å². The van der Waals surface area contributed by atoms with Crippen LogP contribution < -0.4 is 11.1 Å². The van der Waals surface area contributed by atoms with Gasteiger partial charge in [-0.1, -0.05) is 13.3 Å². The van der Waals surface area contributed by atoms with E-state index in [2.05, 4.69) is 6.92 Å². The third-order valence-corrected chi connectivity index (χ3v) is 1.61. The minimum absolute atomic E-state index is 0.600. The molecule has 50 valence electrons. The maximum atomic E-state index is 7.15. The van der Waals surface area contributed by atoms with E-state index < -0.39 is 0 Å². The standard InChI is InChI=1S/C7H12N2/c1-2-3-4-5-6(8)7(5)9/h8H,2-4,9H2,1H3. The Hall–Kier alpha value is -0.790. The van der Waals surface area contributed by atoms with Gasteiger partial charge in [-0.25, -0.2) is 0 Å². The molecule has 0 spiro atoms. The Morgan fingerprint density at radius 1 is 1.56 bits per heavy atom. The van der Waals surface area contributed by atoms with E-state index in [1.807, 2.05) is 0 Å². The molecule has 0 radical (unpaired) electrons. The van der Waals surface area contributed by atoms with Crippen LogP contribution in [0.4, 0.5) is 5.69 Å². The summed E-state index contributed by atoms with van der Waals surface area (Å²) >= 11 is 0. The summed E-state index contributed by atoms with van der Waals surface area (Å²) in [6.07, 6.45) is 3.36. The summed E-state index contributed by atoms with van der Waals surface area (Å²) in [5, 5.41) is 7.75. The average Bonchev–Trinajstić information content (AvgIpc) is 2.39. The smallest absolute Gasteiger partial charge is 0.0826 e. The molecule has 1 aromatic rings. The van der Waals surface area contributed by atoms with Crippen LogP contribution in [0, 0.1) is 5.41 Å². The second kappa shape index (κ2) is 2.21. The van der Waals surface area contributed by atoms with Crippen molar-refractivity contribution in [1.29, 1.82) is 5.41 Å². The first kappa shape index (κ1) is 6.33. The highest BCUT2D eigenvalue weighted by Gasteiger charge is 2.12. The molecule has 0 amide bonds. The van der Waals surface area contributed by atoms with Crippen molar-refractivity contribution >= 4 is 5.69 Å². The van der Waals surface area contributed by atoms with Gasteiger partial charge in [-0.3, -0.25) is 5.41 Å². The first-order chi connectivity index (χ1) is 4.27. The molecule has 0 aliphatic carbocycles. The molecule has 0 aromatic heterocycles. The van der Waals surface area contributed by atoms with Gasteiger partial charge in [0.15, 0.2) is 0 Å².